The average molecular weight is 351 g/mol. The van der Waals surface area contributed by atoms with Crippen molar-refractivity contribution in [2.45, 2.75) is 44.2 Å². The molecule has 2 unspecified atom stereocenters. The summed E-state index contributed by atoms with van der Waals surface area (Å²) in [5.41, 5.74) is 0. The van der Waals surface area contributed by atoms with Crippen LogP contribution < -0.4 is 10.6 Å². The molecule has 25 heavy (non-hydrogen) atoms. The molecular formula is C19H38N6. The topological polar surface area (TPSA) is 46.1 Å². The Hall–Kier alpha value is -0.850. The number of aliphatic imine (C=N–C) groups is 1. The Morgan fingerprint density at radius 3 is 2.60 bits per heavy atom. The van der Waals surface area contributed by atoms with E-state index in [9.17, 15) is 0 Å². The fraction of sp³-hybridized carbons (Fsp3) is 0.947. The van der Waals surface area contributed by atoms with Crippen LogP contribution in [-0.4, -0.2) is 99.7 Å². The van der Waals surface area contributed by atoms with Gasteiger partial charge in [-0.2, -0.15) is 0 Å². The second-order valence-electron chi connectivity index (χ2n) is 8.39. The molecule has 0 aromatic rings. The highest BCUT2D eigenvalue weighted by atomic mass is 15.3. The van der Waals surface area contributed by atoms with Gasteiger partial charge >= 0.3 is 0 Å². The molecule has 2 atom stereocenters. The van der Waals surface area contributed by atoms with Crippen molar-refractivity contribution in [2.75, 3.05) is 67.0 Å². The maximum atomic E-state index is 4.45. The van der Waals surface area contributed by atoms with Crippen LogP contribution in [0.15, 0.2) is 4.99 Å². The van der Waals surface area contributed by atoms with E-state index in [1.54, 1.807) is 0 Å². The zero-order chi connectivity index (χ0) is 17.6. The number of hydrogen-bond donors (Lipinski definition) is 2. The minimum atomic E-state index is 0.541. The molecule has 1 saturated carbocycles. The molecule has 0 amide bonds. The van der Waals surface area contributed by atoms with Crippen molar-refractivity contribution in [1.82, 2.24) is 25.3 Å². The molecule has 2 saturated heterocycles. The first-order valence-electron chi connectivity index (χ1n) is 10.2. The molecule has 0 aromatic heterocycles. The molecule has 0 spiro atoms. The third kappa shape index (κ3) is 5.56. The van der Waals surface area contributed by atoms with E-state index in [1.807, 2.05) is 7.05 Å². The lowest BCUT2D eigenvalue weighted by Crippen LogP contribution is -2.56. The molecule has 0 bridgehead atoms. The van der Waals surface area contributed by atoms with Crippen molar-refractivity contribution in [2.24, 2.45) is 10.9 Å². The molecule has 1 aliphatic carbocycles. The van der Waals surface area contributed by atoms with E-state index in [2.05, 4.69) is 44.4 Å². The van der Waals surface area contributed by atoms with Crippen LogP contribution in [0.4, 0.5) is 0 Å². The number of hydrogen-bond acceptors (Lipinski definition) is 4. The Kier molecular flexibility index (Phi) is 6.96. The van der Waals surface area contributed by atoms with E-state index < -0.39 is 0 Å². The summed E-state index contributed by atoms with van der Waals surface area (Å²) in [6, 6.07) is 1.10. The van der Waals surface area contributed by atoms with Crippen molar-refractivity contribution >= 4 is 5.96 Å². The maximum absolute atomic E-state index is 4.45. The number of likely N-dealkylation sites (N-methyl/N-ethyl adjacent to an activating group) is 2. The lowest BCUT2D eigenvalue weighted by Gasteiger charge is -2.38. The molecular weight excluding hydrogens is 312 g/mol. The van der Waals surface area contributed by atoms with Gasteiger partial charge < -0.3 is 20.4 Å². The van der Waals surface area contributed by atoms with Gasteiger partial charge in [-0.1, -0.05) is 12.8 Å². The van der Waals surface area contributed by atoms with Gasteiger partial charge in [0.2, 0.25) is 0 Å². The zero-order valence-electron chi connectivity index (χ0n) is 16.5. The van der Waals surface area contributed by atoms with Gasteiger partial charge in [-0.3, -0.25) is 9.89 Å². The van der Waals surface area contributed by atoms with Gasteiger partial charge in [0.15, 0.2) is 5.96 Å². The smallest absolute Gasteiger partial charge is 0.191 e. The summed E-state index contributed by atoms with van der Waals surface area (Å²) < 4.78 is 0. The highest BCUT2D eigenvalue weighted by Crippen LogP contribution is 2.26. The Bertz CT molecular complexity index is 434. The Labute approximate surface area is 154 Å². The predicted molar refractivity (Wildman–Crippen MR) is 105 cm³/mol. The first-order chi connectivity index (χ1) is 12.1. The normalized spacial score (nSPS) is 30.9. The van der Waals surface area contributed by atoms with Crippen molar-refractivity contribution in [3.8, 4) is 0 Å². The van der Waals surface area contributed by atoms with Crippen LogP contribution in [0.1, 0.15) is 32.1 Å². The minimum absolute atomic E-state index is 0.541. The second-order valence-corrected chi connectivity index (χ2v) is 8.39. The van der Waals surface area contributed by atoms with Crippen molar-refractivity contribution in [3.05, 3.63) is 0 Å². The SMILES string of the molecule is CN=C(NCC1CN(C)CCN1C)NC1CCN(CC2CCCC2)C1. The minimum Gasteiger partial charge on any atom is -0.355 e. The van der Waals surface area contributed by atoms with Gasteiger partial charge in [0.05, 0.1) is 0 Å². The molecule has 3 aliphatic rings. The zero-order valence-corrected chi connectivity index (χ0v) is 16.5. The summed E-state index contributed by atoms with van der Waals surface area (Å²) in [4.78, 5) is 12.0. The van der Waals surface area contributed by atoms with Crippen LogP contribution in [0.5, 0.6) is 0 Å². The average Bonchev–Trinajstić information content (AvgIpc) is 3.27. The highest BCUT2D eigenvalue weighted by Gasteiger charge is 2.27. The molecule has 3 rings (SSSR count). The van der Waals surface area contributed by atoms with E-state index in [-0.39, 0.29) is 0 Å². The molecule has 0 aromatic carbocycles. The van der Waals surface area contributed by atoms with Gasteiger partial charge in [0.25, 0.3) is 0 Å². The van der Waals surface area contributed by atoms with Gasteiger partial charge in [-0.25, -0.2) is 0 Å². The molecule has 144 valence electrons. The number of likely N-dealkylation sites (tertiary alicyclic amines) is 1. The third-order valence-corrected chi connectivity index (χ3v) is 6.31. The molecule has 3 fully saturated rings. The number of nitrogens with one attached hydrogen (secondary N) is 2. The maximum Gasteiger partial charge on any atom is 0.191 e. The Morgan fingerprint density at radius 1 is 1.04 bits per heavy atom. The third-order valence-electron chi connectivity index (χ3n) is 6.31. The molecule has 0 radical (unpaired) electrons. The first-order valence-corrected chi connectivity index (χ1v) is 10.2. The standard InChI is InChI=1S/C19H38N6/c1-20-19(21-12-18-15-23(2)10-11-24(18)3)22-17-8-9-25(14-17)13-16-6-4-5-7-16/h16-18H,4-15H2,1-3H3,(H2,20,21,22). The monoisotopic (exact) mass is 350 g/mol. The summed E-state index contributed by atoms with van der Waals surface area (Å²) in [5, 5.41) is 7.21. The fourth-order valence-corrected chi connectivity index (χ4v) is 4.60. The summed E-state index contributed by atoms with van der Waals surface area (Å²) in [6.45, 7) is 8.11. The van der Waals surface area contributed by atoms with Gasteiger partial charge in [-0.15, -0.1) is 0 Å². The van der Waals surface area contributed by atoms with Gasteiger partial charge in [0, 0.05) is 64.9 Å². The summed E-state index contributed by atoms with van der Waals surface area (Å²) in [5.74, 6) is 1.92. The molecule has 6 heteroatoms. The largest absolute Gasteiger partial charge is 0.355 e. The summed E-state index contributed by atoms with van der Waals surface area (Å²) in [7, 11) is 6.33. The van der Waals surface area contributed by atoms with Gasteiger partial charge in [-0.05, 0) is 39.3 Å². The van der Waals surface area contributed by atoms with Crippen LogP contribution in [0, 0.1) is 5.92 Å². The van der Waals surface area contributed by atoms with Crippen molar-refractivity contribution < 1.29 is 0 Å². The van der Waals surface area contributed by atoms with Crippen LogP contribution >= 0.6 is 0 Å². The number of guanidine groups is 1. The molecule has 2 aliphatic heterocycles. The molecule has 2 heterocycles. The summed E-state index contributed by atoms with van der Waals surface area (Å²) in [6.07, 6.45) is 7.02. The Morgan fingerprint density at radius 2 is 1.84 bits per heavy atom. The quantitative estimate of drug-likeness (QED) is 0.563. The van der Waals surface area contributed by atoms with E-state index in [0.717, 1.165) is 31.5 Å². The van der Waals surface area contributed by atoms with Crippen LogP contribution in [0.25, 0.3) is 0 Å². The van der Waals surface area contributed by atoms with Gasteiger partial charge in [0.1, 0.15) is 0 Å². The fourth-order valence-electron chi connectivity index (χ4n) is 4.60. The second kappa shape index (κ2) is 9.19. The highest BCUT2D eigenvalue weighted by molar-refractivity contribution is 5.80. The van der Waals surface area contributed by atoms with Crippen molar-refractivity contribution in [1.29, 1.82) is 0 Å². The number of nitrogens with zero attached hydrogens (tertiary/aromatic N) is 4. The van der Waals surface area contributed by atoms with Crippen LogP contribution in [0.3, 0.4) is 0 Å². The van der Waals surface area contributed by atoms with E-state index in [1.165, 1.54) is 58.3 Å². The predicted octanol–water partition coefficient (Wildman–Crippen LogP) is 0.662. The molecule has 6 nitrogen and oxygen atoms in total. The summed E-state index contributed by atoms with van der Waals surface area (Å²) >= 11 is 0. The van der Waals surface area contributed by atoms with Crippen LogP contribution in [-0.2, 0) is 0 Å². The van der Waals surface area contributed by atoms with E-state index >= 15 is 0 Å². The Balaban J connectivity index is 1.38. The van der Waals surface area contributed by atoms with Crippen LogP contribution in [0.2, 0.25) is 0 Å². The first kappa shape index (κ1) is 18.9. The number of piperazine rings is 1. The lowest BCUT2D eigenvalue weighted by atomic mass is 10.1. The number of rotatable bonds is 5. The lowest BCUT2D eigenvalue weighted by molar-refractivity contribution is 0.116. The van der Waals surface area contributed by atoms with E-state index in [4.69, 9.17) is 0 Å². The van der Waals surface area contributed by atoms with E-state index in [0.29, 0.717) is 12.1 Å². The van der Waals surface area contributed by atoms with Crippen molar-refractivity contribution in [3.63, 3.8) is 0 Å². The molecule has 2 N–H and O–H groups in total.